The highest BCUT2D eigenvalue weighted by molar-refractivity contribution is 5.78. The molecule has 0 aromatic heterocycles. The first kappa shape index (κ1) is 17.1. The zero-order chi connectivity index (χ0) is 16.1. The highest BCUT2D eigenvalue weighted by Crippen LogP contribution is 2.15. The molecule has 3 aliphatic rings. The summed E-state index contributed by atoms with van der Waals surface area (Å²) in [5, 5.41) is 3.44. The number of hydrogen-bond donors (Lipinski definition) is 1. The number of likely N-dealkylation sites (N-methyl/N-ethyl adjacent to an activating group) is 1. The van der Waals surface area contributed by atoms with E-state index in [4.69, 9.17) is 0 Å². The monoisotopic (exact) mass is 323 g/mol. The fraction of sp³-hybridized carbons (Fsp3) is 0.941. The van der Waals surface area contributed by atoms with Crippen LogP contribution in [0.25, 0.3) is 0 Å². The van der Waals surface area contributed by atoms with E-state index in [-0.39, 0.29) is 0 Å². The van der Waals surface area contributed by atoms with Crippen molar-refractivity contribution in [2.75, 3.05) is 85.6 Å². The van der Waals surface area contributed by atoms with Gasteiger partial charge < -0.3 is 20.0 Å². The third-order valence-corrected chi connectivity index (χ3v) is 5.65. The Kier molecular flexibility index (Phi) is 6.28. The van der Waals surface area contributed by atoms with Gasteiger partial charge in [-0.15, -0.1) is 0 Å². The van der Waals surface area contributed by atoms with Gasteiger partial charge >= 0.3 is 0 Å². The molecule has 0 saturated carbocycles. The average Bonchev–Trinajstić information content (AvgIpc) is 2.58. The van der Waals surface area contributed by atoms with Crippen LogP contribution < -0.4 is 5.32 Å². The number of amides is 1. The molecular formula is C17H33N5O. The van der Waals surface area contributed by atoms with E-state index in [0.29, 0.717) is 12.5 Å². The summed E-state index contributed by atoms with van der Waals surface area (Å²) < 4.78 is 0. The van der Waals surface area contributed by atoms with Gasteiger partial charge in [0.1, 0.15) is 0 Å². The molecule has 0 unspecified atom stereocenters. The lowest BCUT2D eigenvalue weighted by Crippen LogP contribution is -2.53. The lowest BCUT2D eigenvalue weighted by Gasteiger charge is -2.38. The van der Waals surface area contributed by atoms with Gasteiger partial charge in [-0.2, -0.15) is 0 Å². The first-order valence-corrected chi connectivity index (χ1v) is 9.32. The summed E-state index contributed by atoms with van der Waals surface area (Å²) in [6, 6.07) is 0. The summed E-state index contributed by atoms with van der Waals surface area (Å²) in [7, 11) is 2.13. The van der Waals surface area contributed by atoms with Crippen LogP contribution in [0.15, 0.2) is 0 Å². The molecule has 3 rings (SSSR count). The molecule has 3 saturated heterocycles. The van der Waals surface area contributed by atoms with Crippen LogP contribution in [-0.2, 0) is 4.79 Å². The predicted octanol–water partition coefficient (Wildman–Crippen LogP) is -0.622. The lowest BCUT2D eigenvalue weighted by atomic mass is 9.97. The largest absolute Gasteiger partial charge is 0.339 e. The number of hydrogen-bond acceptors (Lipinski definition) is 5. The third kappa shape index (κ3) is 5.14. The van der Waals surface area contributed by atoms with Crippen molar-refractivity contribution in [3.05, 3.63) is 0 Å². The molecule has 0 spiro atoms. The maximum absolute atomic E-state index is 12.4. The van der Waals surface area contributed by atoms with Crippen LogP contribution in [0.3, 0.4) is 0 Å². The molecule has 3 fully saturated rings. The van der Waals surface area contributed by atoms with Gasteiger partial charge in [-0.3, -0.25) is 9.69 Å². The second-order valence-electron chi connectivity index (χ2n) is 7.45. The lowest BCUT2D eigenvalue weighted by molar-refractivity contribution is -0.134. The van der Waals surface area contributed by atoms with Crippen LogP contribution in [0.5, 0.6) is 0 Å². The van der Waals surface area contributed by atoms with E-state index in [0.717, 1.165) is 58.3 Å². The molecule has 0 aromatic carbocycles. The molecule has 0 radical (unpaired) electrons. The molecule has 0 atom stereocenters. The second-order valence-corrected chi connectivity index (χ2v) is 7.45. The number of nitrogens with zero attached hydrogens (tertiary/aromatic N) is 4. The Hall–Kier alpha value is -0.690. The first-order chi connectivity index (χ1) is 11.2. The van der Waals surface area contributed by atoms with Crippen LogP contribution >= 0.6 is 0 Å². The highest BCUT2D eigenvalue weighted by Gasteiger charge is 2.25. The zero-order valence-electron chi connectivity index (χ0n) is 14.7. The van der Waals surface area contributed by atoms with E-state index >= 15 is 0 Å². The average molecular weight is 323 g/mol. The van der Waals surface area contributed by atoms with Gasteiger partial charge in [0.25, 0.3) is 0 Å². The van der Waals surface area contributed by atoms with Crippen molar-refractivity contribution in [1.29, 1.82) is 0 Å². The van der Waals surface area contributed by atoms with Gasteiger partial charge in [-0.1, -0.05) is 0 Å². The Morgan fingerprint density at radius 1 is 0.913 bits per heavy atom. The van der Waals surface area contributed by atoms with Crippen molar-refractivity contribution in [2.45, 2.75) is 12.8 Å². The van der Waals surface area contributed by atoms with Crippen LogP contribution in [0, 0.1) is 5.92 Å². The fourth-order valence-electron chi connectivity index (χ4n) is 3.91. The molecule has 3 heterocycles. The smallest absolute Gasteiger partial charge is 0.236 e. The maximum Gasteiger partial charge on any atom is 0.236 e. The van der Waals surface area contributed by atoms with Gasteiger partial charge in [0.05, 0.1) is 6.54 Å². The number of rotatable bonds is 4. The molecular weight excluding hydrogens is 290 g/mol. The van der Waals surface area contributed by atoms with Crippen molar-refractivity contribution in [1.82, 2.24) is 24.9 Å². The summed E-state index contributed by atoms with van der Waals surface area (Å²) in [5.74, 6) is 1.19. The first-order valence-electron chi connectivity index (χ1n) is 9.32. The normalized spacial score (nSPS) is 26.6. The molecule has 1 N–H and O–H groups in total. The van der Waals surface area contributed by atoms with Gasteiger partial charge in [-0.25, -0.2) is 0 Å². The summed E-state index contributed by atoms with van der Waals surface area (Å²) in [4.78, 5) is 21.7. The third-order valence-electron chi connectivity index (χ3n) is 5.65. The van der Waals surface area contributed by atoms with Gasteiger partial charge in [0.2, 0.25) is 5.91 Å². The minimum atomic E-state index is 0.324. The molecule has 6 heteroatoms. The number of carbonyl (C=O) groups is 1. The summed E-state index contributed by atoms with van der Waals surface area (Å²) in [5.41, 5.74) is 0. The second kappa shape index (κ2) is 8.42. The van der Waals surface area contributed by atoms with Crippen LogP contribution in [0.4, 0.5) is 0 Å². The van der Waals surface area contributed by atoms with Gasteiger partial charge in [0, 0.05) is 58.9 Å². The van der Waals surface area contributed by atoms with Crippen molar-refractivity contribution >= 4 is 5.91 Å². The molecule has 3 aliphatic heterocycles. The molecule has 6 nitrogen and oxygen atoms in total. The van der Waals surface area contributed by atoms with E-state index in [1.54, 1.807) is 0 Å². The standard InChI is InChI=1S/C17H33N5O/c1-19-6-12-22(13-7-19)17(23)15-21-10-8-20(9-11-21)14-16-2-4-18-5-3-16/h16,18H,2-15H2,1H3. The Labute approximate surface area is 140 Å². The summed E-state index contributed by atoms with van der Waals surface area (Å²) in [6.07, 6.45) is 2.64. The Bertz CT molecular complexity index is 369. The molecule has 132 valence electrons. The molecule has 23 heavy (non-hydrogen) atoms. The Morgan fingerprint density at radius 3 is 2.17 bits per heavy atom. The highest BCUT2D eigenvalue weighted by atomic mass is 16.2. The number of piperidine rings is 1. The quantitative estimate of drug-likeness (QED) is 0.747. The van der Waals surface area contributed by atoms with Crippen molar-refractivity contribution in [3.63, 3.8) is 0 Å². The minimum absolute atomic E-state index is 0.324. The predicted molar refractivity (Wildman–Crippen MR) is 92.6 cm³/mol. The van der Waals surface area contributed by atoms with Crippen LogP contribution in [0.1, 0.15) is 12.8 Å². The Balaban J connectivity index is 1.34. The zero-order valence-corrected chi connectivity index (χ0v) is 14.7. The van der Waals surface area contributed by atoms with E-state index in [9.17, 15) is 4.79 Å². The molecule has 0 aromatic rings. The number of carbonyl (C=O) groups excluding carboxylic acids is 1. The van der Waals surface area contributed by atoms with E-state index < -0.39 is 0 Å². The summed E-state index contributed by atoms with van der Waals surface area (Å²) in [6.45, 7) is 12.4. The van der Waals surface area contributed by atoms with Crippen molar-refractivity contribution < 1.29 is 4.79 Å². The maximum atomic E-state index is 12.4. The Morgan fingerprint density at radius 2 is 1.52 bits per heavy atom. The van der Waals surface area contributed by atoms with Crippen molar-refractivity contribution in [3.8, 4) is 0 Å². The van der Waals surface area contributed by atoms with E-state index in [1.807, 2.05) is 4.90 Å². The number of nitrogens with one attached hydrogen (secondary N) is 1. The minimum Gasteiger partial charge on any atom is -0.339 e. The van der Waals surface area contributed by atoms with Crippen LogP contribution in [-0.4, -0.2) is 111 Å². The summed E-state index contributed by atoms with van der Waals surface area (Å²) >= 11 is 0. The number of piperazine rings is 2. The van der Waals surface area contributed by atoms with Crippen molar-refractivity contribution in [2.24, 2.45) is 5.92 Å². The van der Waals surface area contributed by atoms with E-state index in [1.165, 1.54) is 32.5 Å². The topological polar surface area (TPSA) is 42.1 Å². The molecule has 1 amide bonds. The van der Waals surface area contributed by atoms with Crippen LogP contribution in [0.2, 0.25) is 0 Å². The molecule has 0 bridgehead atoms. The SMILES string of the molecule is CN1CCN(C(=O)CN2CCN(CC3CCNCC3)CC2)CC1. The fourth-order valence-corrected chi connectivity index (χ4v) is 3.91. The van der Waals surface area contributed by atoms with Gasteiger partial charge in [0.15, 0.2) is 0 Å². The molecule has 0 aliphatic carbocycles. The van der Waals surface area contributed by atoms with E-state index in [2.05, 4.69) is 27.1 Å². The van der Waals surface area contributed by atoms with Gasteiger partial charge in [-0.05, 0) is 38.9 Å².